The molecule has 2 N–H and O–H groups in total. The lowest BCUT2D eigenvalue weighted by molar-refractivity contribution is 1.07. The number of hydrogen-bond acceptors (Lipinski definition) is 1. The minimum Gasteiger partial charge on any atom is -0.326 e. The lowest BCUT2D eigenvalue weighted by Gasteiger charge is -1.95. The molecule has 2 aromatic rings. The monoisotopic (exact) mass is 160 g/mol. The third-order valence-electron chi connectivity index (χ3n) is 2.21. The Morgan fingerprint density at radius 1 is 1.42 bits per heavy atom. The van der Waals surface area contributed by atoms with E-state index in [0.29, 0.717) is 6.54 Å². The van der Waals surface area contributed by atoms with E-state index >= 15 is 0 Å². The Labute approximate surface area is 71.6 Å². The van der Waals surface area contributed by atoms with E-state index in [9.17, 15) is 0 Å². The van der Waals surface area contributed by atoms with Crippen molar-refractivity contribution in [3.8, 4) is 0 Å². The smallest absolute Gasteiger partial charge is 0.0497 e. The molecule has 0 fully saturated rings. The second kappa shape index (κ2) is 2.64. The first-order chi connectivity index (χ1) is 5.83. The van der Waals surface area contributed by atoms with E-state index in [1.54, 1.807) is 0 Å². The van der Waals surface area contributed by atoms with Crippen LogP contribution in [-0.2, 0) is 6.54 Å². The lowest BCUT2D eigenvalue weighted by atomic mass is 10.2. The van der Waals surface area contributed by atoms with Gasteiger partial charge in [0.25, 0.3) is 0 Å². The summed E-state index contributed by atoms with van der Waals surface area (Å²) >= 11 is 0. The van der Waals surface area contributed by atoms with Gasteiger partial charge in [-0.05, 0) is 30.2 Å². The summed E-state index contributed by atoms with van der Waals surface area (Å²) in [5.74, 6) is 0. The zero-order chi connectivity index (χ0) is 8.55. The van der Waals surface area contributed by atoms with Crippen LogP contribution in [0.25, 0.3) is 5.52 Å². The molecule has 0 bridgehead atoms. The van der Waals surface area contributed by atoms with E-state index in [0.717, 1.165) is 0 Å². The fourth-order valence-electron chi connectivity index (χ4n) is 1.58. The van der Waals surface area contributed by atoms with Crippen molar-refractivity contribution in [1.29, 1.82) is 0 Å². The molecule has 2 heteroatoms. The Kier molecular flexibility index (Phi) is 1.62. The summed E-state index contributed by atoms with van der Waals surface area (Å²) in [5.41, 5.74) is 9.38. The first-order valence-corrected chi connectivity index (χ1v) is 4.08. The number of rotatable bonds is 1. The second-order valence-corrected chi connectivity index (χ2v) is 2.99. The van der Waals surface area contributed by atoms with Crippen molar-refractivity contribution in [3.63, 3.8) is 0 Å². The first kappa shape index (κ1) is 7.37. The van der Waals surface area contributed by atoms with E-state index in [2.05, 4.69) is 23.6 Å². The van der Waals surface area contributed by atoms with E-state index in [4.69, 9.17) is 5.73 Å². The zero-order valence-corrected chi connectivity index (χ0v) is 7.12. The van der Waals surface area contributed by atoms with Gasteiger partial charge in [0, 0.05) is 24.5 Å². The molecule has 0 aliphatic carbocycles. The molecule has 2 aromatic heterocycles. The van der Waals surface area contributed by atoms with Crippen molar-refractivity contribution in [2.45, 2.75) is 13.5 Å². The van der Waals surface area contributed by atoms with E-state index < -0.39 is 0 Å². The van der Waals surface area contributed by atoms with Gasteiger partial charge in [-0.2, -0.15) is 0 Å². The summed E-state index contributed by atoms with van der Waals surface area (Å²) in [6, 6.07) is 6.15. The standard InChI is InChI=1S/C10H12N2/c1-8-7-12-5-3-2-4-10(12)9(8)6-11/h2-5,7H,6,11H2,1H3. The summed E-state index contributed by atoms with van der Waals surface area (Å²) in [6.07, 6.45) is 4.15. The molecule has 62 valence electrons. The Morgan fingerprint density at radius 3 is 3.00 bits per heavy atom. The molecule has 0 saturated heterocycles. The predicted octanol–water partition coefficient (Wildman–Crippen LogP) is 1.71. The highest BCUT2D eigenvalue weighted by Gasteiger charge is 2.03. The van der Waals surface area contributed by atoms with Crippen molar-refractivity contribution in [2.75, 3.05) is 0 Å². The molecule has 0 unspecified atom stereocenters. The number of fused-ring (bicyclic) bond motifs is 1. The van der Waals surface area contributed by atoms with Crippen LogP contribution >= 0.6 is 0 Å². The highest BCUT2D eigenvalue weighted by molar-refractivity contribution is 5.58. The van der Waals surface area contributed by atoms with Crippen molar-refractivity contribution in [1.82, 2.24) is 4.40 Å². The normalized spacial score (nSPS) is 10.8. The molecule has 0 aliphatic rings. The summed E-state index contributed by atoms with van der Waals surface area (Å²) in [7, 11) is 0. The van der Waals surface area contributed by atoms with Gasteiger partial charge < -0.3 is 10.1 Å². The average molecular weight is 160 g/mol. The molecule has 0 aromatic carbocycles. The minimum absolute atomic E-state index is 0.617. The molecule has 0 atom stereocenters. The molecule has 2 nitrogen and oxygen atoms in total. The lowest BCUT2D eigenvalue weighted by Crippen LogP contribution is -1.96. The molecule has 0 spiro atoms. The van der Waals surface area contributed by atoms with Gasteiger partial charge in [0.1, 0.15) is 0 Å². The first-order valence-electron chi connectivity index (χ1n) is 4.08. The van der Waals surface area contributed by atoms with Crippen LogP contribution in [0.15, 0.2) is 30.6 Å². The molecule has 2 heterocycles. The Bertz CT molecular complexity index is 401. The Balaban J connectivity index is 2.81. The van der Waals surface area contributed by atoms with Crippen LogP contribution in [0.1, 0.15) is 11.1 Å². The number of nitrogens with zero attached hydrogens (tertiary/aromatic N) is 1. The number of pyridine rings is 1. The van der Waals surface area contributed by atoms with Gasteiger partial charge in [-0.15, -0.1) is 0 Å². The zero-order valence-electron chi connectivity index (χ0n) is 7.12. The van der Waals surface area contributed by atoms with Gasteiger partial charge in [0.05, 0.1) is 0 Å². The van der Waals surface area contributed by atoms with E-state index in [1.807, 2.05) is 18.3 Å². The third-order valence-corrected chi connectivity index (χ3v) is 2.21. The van der Waals surface area contributed by atoms with Crippen molar-refractivity contribution in [2.24, 2.45) is 5.73 Å². The quantitative estimate of drug-likeness (QED) is 0.676. The van der Waals surface area contributed by atoms with Gasteiger partial charge in [0.15, 0.2) is 0 Å². The highest BCUT2D eigenvalue weighted by atomic mass is 14.9. The Morgan fingerprint density at radius 2 is 2.25 bits per heavy atom. The topological polar surface area (TPSA) is 30.4 Å². The molecule has 0 saturated carbocycles. The maximum atomic E-state index is 5.65. The van der Waals surface area contributed by atoms with Gasteiger partial charge in [-0.1, -0.05) is 6.07 Å². The van der Waals surface area contributed by atoms with Crippen LogP contribution < -0.4 is 5.73 Å². The summed E-state index contributed by atoms with van der Waals surface area (Å²) in [6.45, 7) is 2.71. The van der Waals surface area contributed by atoms with Crippen LogP contribution in [0, 0.1) is 6.92 Å². The molecular weight excluding hydrogens is 148 g/mol. The van der Waals surface area contributed by atoms with Crippen LogP contribution in [-0.4, -0.2) is 4.40 Å². The number of nitrogens with two attached hydrogens (primary N) is 1. The average Bonchev–Trinajstić information content (AvgIpc) is 2.40. The van der Waals surface area contributed by atoms with E-state index in [1.165, 1.54) is 16.6 Å². The molecular formula is C10H12N2. The molecule has 2 rings (SSSR count). The largest absolute Gasteiger partial charge is 0.326 e. The summed E-state index contributed by atoms with van der Waals surface area (Å²) < 4.78 is 2.11. The number of aromatic nitrogens is 1. The number of aryl methyl sites for hydroxylation is 1. The summed E-state index contributed by atoms with van der Waals surface area (Å²) in [4.78, 5) is 0. The molecule has 0 amide bonds. The Hall–Kier alpha value is -1.28. The van der Waals surface area contributed by atoms with Crippen LogP contribution in [0.2, 0.25) is 0 Å². The second-order valence-electron chi connectivity index (χ2n) is 2.99. The van der Waals surface area contributed by atoms with E-state index in [-0.39, 0.29) is 0 Å². The van der Waals surface area contributed by atoms with Crippen molar-refractivity contribution >= 4 is 5.52 Å². The molecule has 0 aliphatic heterocycles. The third kappa shape index (κ3) is 0.924. The van der Waals surface area contributed by atoms with Crippen LogP contribution in [0.5, 0.6) is 0 Å². The minimum atomic E-state index is 0.617. The van der Waals surface area contributed by atoms with Gasteiger partial charge >= 0.3 is 0 Å². The van der Waals surface area contributed by atoms with Crippen molar-refractivity contribution < 1.29 is 0 Å². The van der Waals surface area contributed by atoms with Crippen LogP contribution in [0.3, 0.4) is 0 Å². The fourth-order valence-corrected chi connectivity index (χ4v) is 1.58. The fraction of sp³-hybridized carbons (Fsp3) is 0.200. The highest BCUT2D eigenvalue weighted by Crippen LogP contribution is 2.16. The number of hydrogen-bond donors (Lipinski definition) is 1. The predicted molar refractivity (Wildman–Crippen MR) is 50.0 cm³/mol. The van der Waals surface area contributed by atoms with Gasteiger partial charge in [-0.25, -0.2) is 0 Å². The van der Waals surface area contributed by atoms with Gasteiger partial charge in [-0.3, -0.25) is 0 Å². The van der Waals surface area contributed by atoms with Crippen molar-refractivity contribution in [3.05, 3.63) is 41.7 Å². The maximum Gasteiger partial charge on any atom is 0.0497 e. The molecule has 12 heavy (non-hydrogen) atoms. The van der Waals surface area contributed by atoms with Gasteiger partial charge in [0.2, 0.25) is 0 Å². The maximum absolute atomic E-state index is 5.65. The van der Waals surface area contributed by atoms with Crippen LogP contribution in [0.4, 0.5) is 0 Å². The summed E-state index contributed by atoms with van der Waals surface area (Å²) in [5, 5.41) is 0. The SMILES string of the molecule is Cc1cn2ccccc2c1CN. The molecule has 0 radical (unpaired) electrons.